The molecule has 1 heterocycles. The minimum Gasteiger partial charge on any atom is -0.311 e. The zero-order valence-corrected chi connectivity index (χ0v) is 11.3. The molecule has 0 saturated carbocycles. The predicted octanol–water partition coefficient (Wildman–Crippen LogP) is 2.45. The highest BCUT2D eigenvalue weighted by Gasteiger charge is 2.07. The predicted molar refractivity (Wildman–Crippen MR) is 74.9 cm³/mol. The SMILES string of the molecule is CN[C@H](C=O)Cc1ccc(-c2scnc2C)cc1. The molecule has 0 aliphatic rings. The average molecular weight is 260 g/mol. The van der Waals surface area contributed by atoms with Crippen LogP contribution in [0.25, 0.3) is 10.4 Å². The Hall–Kier alpha value is -1.52. The lowest BCUT2D eigenvalue weighted by Crippen LogP contribution is -2.28. The number of aromatic nitrogens is 1. The van der Waals surface area contributed by atoms with Crippen molar-refractivity contribution in [1.29, 1.82) is 0 Å². The van der Waals surface area contributed by atoms with Crippen molar-refractivity contribution in [3.8, 4) is 10.4 Å². The summed E-state index contributed by atoms with van der Waals surface area (Å²) in [7, 11) is 1.80. The average Bonchev–Trinajstić information content (AvgIpc) is 2.83. The van der Waals surface area contributed by atoms with Crippen LogP contribution in [0.1, 0.15) is 11.3 Å². The topological polar surface area (TPSA) is 42.0 Å². The van der Waals surface area contributed by atoms with Crippen LogP contribution in [-0.4, -0.2) is 24.4 Å². The Bertz CT molecular complexity index is 519. The van der Waals surface area contributed by atoms with Gasteiger partial charge in [0.25, 0.3) is 0 Å². The number of carbonyl (C=O) groups excluding carboxylic acids is 1. The fraction of sp³-hybridized carbons (Fsp3) is 0.286. The number of carbonyl (C=O) groups is 1. The van der Waals surface area contributed by atoms with Gasteiger partial charge in [-0.2, -0.15) is 0 Å². The number of likely N-dealkylation sites (N-methyl/N-ethyl adjacent to an activating group) is 1. The number of thiazole rings is 1. The molecule has 0 saturated heterocycles. The molecule has 3 nitrogen and oxygen atoms in total. The molecule has 2 aromatic rings. The second-order valence-corrected chi connectivity index (χ2v) is 5.05. The summed E-state index contributed by atoms with van der Waals surface area (Å²) < 4.78 is 0. The maximum absolute atomic E-state index is 10.8. The molecule has 1 N–H and O–H groups in total. The van der Waals surface area contributed by atoms with E-state index in [1.165, 1.54) is 10.4 Å². The summed E-state index contributed by atoms with van der Waals surface area (Å²) in [4.78, 5) is 16.2. The molecule has 1 aromatic carbocycles. The van der Waals surface area contributed by atoms with Crippen LogP contribution in [0, 0.1) is 6.92 Å². The third-order valence-electron chi connectivity index (χ3n) is 2.95. The monoisotopic (exact) mass is 260 g/mol. The van der Waals surface area contributed by atoms with Gasteiger partial charge in [0.2, 0.25) is 0 Å². The fourth-order valence-corrected chi connectivity index (χ4v) is 2.65. The van der Waals surface area contributed by atoms with Gasteiger partial charge in [0.15, 0.2) is 0 Å². The molecule has 0 unspecified atom stereocenters. The molecule has 0 bridgehead atoms. The van der Waals surface area contributed by atoms with Gasteiger partial charge < -0.3 is 10.1 Å². The van der Waals surface area contributed by atoms with Gasteiger partial charge in [-0.05, 0) is 31.5 Å². The summed E-state index contributed by atoms with van der Waals surface area (Å²) in [5.74, 6) is 0. The zero-order valence-electron chi connectivity index (χ0n) is 10.5. The number of hydrogen-bond acceptors (Lipinski definition) is 4. The quantitative estimate of drug-likeness (QED) is 0.840. The summed E-state index contributed by atoms with van der Waals surface area (Å²) >= 11 is 1.65. The van der Waals surface area contributed by atoms with Crippen molar-refractivity contribution in [1.82, 2.24) is 10.3 Å². The summed E-state index contributed by atoms with van der Waals surface area (Å²) in [6.45, 7) is 2.02. The lowest BCUT2D eigenvalue weighted by molar-refractivity contribution is -0.109. The molecule has 0 aliphatic heterocycles. The molecule has 0 fully saturated rings. The van der Waals surface area contributed by atoms with Gasteiger partial charge in [0.1, 0.15) is 6.29 Å². The Labute approximate surface area is 111 Å². The lowest BCUT2D eigenvalue weighted by Gasteiger charge is -2.09. The number of nitrogens with zero attached hydrogens (tertiary/aromatic N) is 1. The van der Waals surface area contributed by atoms with Gasteiger partial charge in [0, 0.05) is 0 Å². The second kappa shape index (κ2) is 5.89. The zero-order chi connectivity index (χ0) is 13.0. The molecule has 2 rings (SSSR count). The van der Waals surface area contributed by atoms with Gasteiger partial charge in [0.05, 0.1) is 22.1 Å². The van der Waals surface area contributed by atoms with Crippen LogP contribution in [0.15, 0.2) is 29.8 Å². The number of nitrogens with one attached hydrogen (secondary N) is 1. The van der Waals surface area contributed by atoms with Crippen molar-refractivity contribution in [2.24, 2.45) is 0 Å². The lowest BCUT2D eigenvalue weighted by atomic mass is 10.0. The summed E-state index contributed by atoms with van der Waals surface area (Å²) in [6.07, 6.45) is 1.67. The van der Waals surface area contributed by atoms with Crippen LogP contribution in [-0.2, 0) is 11.2 Å². The van der Waals surface area contributed by atoms with Gasteiger partial charge in [-0.15, -0.1) is 11.3 Å². The van der Waals surface area contributed by atoms with E-state index < -0.39 is 0 Å². The van der Waals surface area contributed by atoms with Gasteiger partial charge in [-0.25, -0.2) is 4.98 Å². The third kappa shape index (κ3) is 2.83. The Morgan fingerprint density at radius 2 is 2.11 bits per heavy atom. The second-order valence-electron chi connectivity index (χ2n) is 4.20. The molecule has 1 aromatic heterocycles. The molecular formula is C14H16N2OS. The molecule has 18 heavy (non-hydrogen) atoms. The third-order valence-corrected chi connectivity index (χ3v) is 3.93. The normalized spacial score (nSPS) is 12.3. The first-order valence-electron chi connectivity index (χ1n) is 5.86. The van der Waals surface area contributed by atoms with Crippen molar-refractivity contribution in [3.05, 3.63) is 41.0 Å². The first-order valence-corrected chi connectivity index (χ1v) is 6.74. The summed E-state index contributed by atoms with van der Waals surface area (Å²) in [5, 5.41) is 2.98. The minimum atomic E-state index is -0.110. The Morgan fingerprint density at radius 3 is 2.61 bits per heavy atom. The molecule has 0 amide bonds. The van der Waals surface area contributed by atoms with E-state index in [2.05, 4.69) is 34.6 Å². The highest BCUT2D eigenvalue weighted by atomic mass is 32.1. The number of hydrogen-bond donors (Lipinski definition) is 1. The van der Waals surface area contributed by atoms with Crippen molar-refractivity contribution in [2.75, 3.05) is 7.05 Å². The van der Waals surface area contributed by atoms with Gasteiger partial charge in [-0.1, -0.05) is 24.3 Å². The van der Waals surface area contributed by atoms with Crippen LogP contribution in [0.4, 0.5) is 0 Å². The first-order chi connectivity index (χ1) is 8.74. The van der Waals surface area contributed by atoms with E-state index in [9.17, 15) is 4.79 Å². The molecular weight excluding hydrogens is 244 g/mol. The Morgan fingerprint density at radius 1 is 1.39 bits per heavy atom. The molecule has 94 valence electrons. The number of rotatable bonds is 5. The van der Waals surface area contributed by atoms with Gasteiger partial charge >= 0.3 is 0 Å². The van der Waals surface area contributed by atoms with Gasteiger partial charge in [-0.3, -0.25) is 0 Å². The molecule has 4 heteroatoms. The fourth-order valence-electron chi connectivity index (χ4n) is 1.84. The van der Waals surface area contributed by atoms with E-state index in [4.69, 9.17) is 0 Å². The maximum Gasteiger partial charge on any atom is 0.137 e. The van der Waals surface area contributed by atoms with Crippen LogP contribution in [0.3, 0.4) is 0 Å². The Balaban J connectivity index is 2.15. The van der Waals surface area contributed by atoms with Crippen molar-refractivity contribution < 1.29 is 4.79 Å². The first kappa shape index (κ1) is 12.9. The van der Waals surface area contributed by atoms with Crippen LogP contribution < -0.4 is 5.32 Å². The highest BCUT2D eigenvalue weighted by molar-refractivity contribution is 7.13. The van der Waals surface area contributed by atoms with Crippen LogP contribution in [0.5, 0.6) is 0 Å². The number of benzene rings is 1. The highest BCUT2D eigenvalue weighted by Crippen LogP contribution is 2.27. The van der Waals surface area contributed by atoms with Crippen molar-refractivity contribution in [3.63, 3.8) is 0 Å². The van der Waals surface area contributed by atoms with E-state index in [1.54, 1.807) is 18.4 Å². The van der Waals surface area contributed by atoms with Crippen LogP contribution >= 0.6 is 11.3 Å². The number of aldehydes is 1. The van der Waals surface area contributed by atoms with E-state index in [0.717, 1.165) is 24.0 Å². The molecule has 1 atom stereocenters. The molecule has 0 radical (unpaired) electrons. The largest absolute Gasteiger partial charge is 0.311 e. The van der Waals surface area contributed by atoms with E-state index in [0.29, 0.717) is 0 Å². The number of aryl methyl sites for hydroxylation is 1. The van der Waals surface area contributed by atoms with Crippen molar-refractivity contribution in [2.45, 2.75) is 19.4 Å². The smallest absolute Gasteiger partial charge is 0.137 e. The maximum atomic E-state index is 10.8. The van der Waals surface area contributed by atoms with E-state index in [-0.39, 0.29) is 6.04 Å². The minimum absolute atomic E-state index is 0.110. The van der Waals surface area contributed by atoms with E-state index >= 15 is 0 Å². The summed E-state index contributed by atoms with van der Waals surface area (Å²) in [6, 6.07) is 8.21. The van der Waals surface area contributed by atoms with E-state index in [1.807, 2.05) is 12.4 Å². The van der Waals surface area contributed by atoms with Crippen molar-refractivity contribution >= 4 is 17.6 Å². The molecule has 0 aliphatic carbocycles. The van der Waals surface area contributed by atoms with Crippen LogP contribution in [0.2, 0.25) is 0 Å². The summed E-state index contributed by atoms with van der Waals surface area (Å²) in [5.41, 5.74) is 5.27. The molecule has 0 spiro atoms. The standard InChI is InChI=1S/C14H16N2OS/c1-10-14(18-9-16-10)12-5-3-11(4-6-12)7-13(8-17)15-2/h3-6,8-9,13,15H,7H2,1-2H3/t13-/m0/s1. The Kier molecular flexibility index (Phi) is 4.23.